The third-order valence-corrected chi connectivity index (χ3v) is 6.22. The Balaban J connectivity index is 1.32. The molecule has 2 aromatic rings. The summed E-state index contributed by atoms with van der Waals surface area (Å²) in [6.45, 7) is 5.55. The van der Waals surface area contributed by atoms with Gasteiger partial charge in [0.05, 0.1) is 24.0 Å². The normalized spacial score (nSPS) is 21.0. The van der Waals surface area contributed by atoms with E-state index in [1.807, 2.05) is 17.3 Å². The van der Waals surface area contributed by atoms with Crippen LogP contribution in [0.15, 0.2) is 30.6 Å². The highest BCUT2D eigenvalue weighted by molar-refractivity contribution is 5.77. The summed E-state index contributed by atoms with van der Waals surface area (Å²) >= 11 is 0. The van der Waals surface area contributed by atoms with Crippen molar-refractivity contribution in [3.63, 3.8) is 0 Å². The van der Waals surface area contributed by atoms with E-state index in [4.69, 9.17) is 0 Å². The molecule has 2 aliphatic heterocycles. The van der Waals surface area contributed by atoms with E-state index in [2.05, 4.69) is 32.7 Å². The molecular formula is C20H28N4O2. The van der Waals surface area contributed by atoms with E-state index < -0.39 is 0 Å². The molecule has 2 fully saturated rings. The van der Waals surface area contributed by atoms with Crippen LogP contribution in [0.1, 0.15) is 25.7 Å². The maximum atomic E-state index is 12.0. The maximum absolute atomic E-state index is 12.0. The summed E-state index contributed by atoms with van der Waals surface area (Å²) in [4.78, 5) is 20.9. The number of β-amino-alcohol motifs (C(OH)–C–C–N with tert-alkyl or cyclic N) is 1. The molecule has 0 atom stereocenters. The van der Waals surface area contributed by atoms with Crippen molar-refractivity contribution in [1.29, 1.82) is 0 Å². The summed E-state index contributed by atoms with van der Waals surface area (Å²) < 4.78 is 2.24. The summed E-state index contributed by atoms with van der Waals surface area (Å²) in [6, 6.07) is 8.27. The Hall–Kier alpha value is -1.92. The van der Waals surface area contributed by atoms with Gasteiger partial charge in [0.2, 0.25) is 5.91 Å². The number of carbonyl (C=O) groups is 1. The summed E-state index contributed by atoms with van der Waals surface area (Å²) in [7, 11) is 0. The number of aromatic nitrogens is 2. The summed E-state index contributed by atoms with van der Waals surface area (Å²) in [5, 5.41) is 9.19. The molecule has 6 heteroatoms. The SMILES string of the molecule is O=C1CCC2(CCN(CCn3cnc4ccccc43)CC2)CN1CCO. The van der Waals surface area contributed by atoms with Gasteiger partial charge in [-0.25, -0.2) is 4.98 Å². The zero-order chi connectivity index (χ0) is 18.0. The summed E-state index contributed by atoms with van der Waals surface area (Å²) in [5.74, 6) is 0.207. The van der Waals surface area contributed by atoms with Crippen LogP contribution in [-0.4, -0.2) is 69.7 Å². The fourth-order valence-corrected chi connectivity index (χ4v) is 4.52. The first kappa shape index (κ1) is 17.5. The number of imidazole rings is 1. The maximum Gasteiger partial charge on any atom is 0.222 e. The number of hydrogen-bond donors (Lipinski definition) is 1. The number of aliphatic hydroxyl groups excluding tert-OH is 1. The molecule has 0 bridgehead atoms. The molecule has 0 aliphatic carbocycles. The van der Waals surface area contributed by atoms with E-state index in [1.165, 1.54) is 5.52 Å². The van der Waals surface area contributed by atoms with E-state index in [1.54, 1.807) is 0 Å². The van der Waals surface area contributed by atoms with Gasteiger partial charge in [0.15, 0.2) is 0 Å². The van der Waals surface area contributed by atoms with Crippen LogP contribution in [0.2, 0.25) is 0 Å². The molecule has 140 valence electrons. The highest BCUT2D eigenvalue weighted by atomic mass is 16.3. The van der Waals surface area contributed by atoms with Crippen LogP contribution in [0, 0.1) is 5.41 Å². The Labute approximate surface area is 154 Å². The molecule has 0 radical (unpaired) electrons. The van der Waals surface area contributed by atoms with Crippen molar-refractivity contribution in [2.45, 2.75) is 32.2 Å². The van der Waals surface area contributed by atoms with E-state index in [-0.39, 0.29) is 17.9 Å². The lowest BCUT2D eigenvalue weighted by molar-refractivity contribution is -0.139. The van der Waals surface area contributed by atoms with Crippen molar-refractivity contribution in [2.75, 3.05) is 39.3 Å². The van der Waals surface area contributed by atoms with Gasteiger partial charge < -0.3 is 19.5 Å². The highest BCUT2D eigenvalue weighted by Gasteiger charge is 2.40. The molecule has 0 unspecified atom stereocenters. The molecule has 1 aromatic heterocycles. The predicted molar refractivity (Wildman–Crippen MR) is 101 cm³/mol. The number of aliphatic hydroxyl groups is 1. The van der Waals surface area contributed by atoms with Gasteiger partial charge in [-0.1, -0.05) is 12.1 Å². The molecule has 1 aromatic carbocycles. The second-order valence-electron chi connectivity index (χ2n) is 7.81. The number of rotatable bonds is 5. The topological polar surface area (TPSA) is 61.6 Å². The van der Waals surface area contributed by atoms with Gasteiger partial charge in [-0.3, -0.25) is 4.79 Å². The third kappa shape index (κ3) is 3.48. The van der Waals surface area contributed by atoms with Crippen molar-refractivity contribution in [2.24, 2.45) is 5.41 Å². The number of hydrogen-bond acceptors (Lipinski definition) is 4. The molecule has 1 spiro atoms. The van der Waals surface area contributed by atoms with Crippen LogP contribution in [0.3, 0.4) is 0 Å². The van der Waals surface area contributed by atoms with Crippen LogP contribution >= 0.6 is 0 Å². The highest BCUT2D eigenvalue weighted by Crippen LogP contribution is 2.40. The van der Waals surface area contributed by atoms with Crippen molar-refractivity contribution >= 4 is 16.9 Å². The third-order valence-electron chi connectivity index (χ3n) is 6.22. The fraction of sp³-hybridized carbons (Fsp3) is 0.600. The Morgan fingerprint density at radius 1 is 1.08 bits per heavy atom. The number of benzene rings is 1. The molecule has 3 heterocycles. The average Bonchev–Trinajstić information content (AvgIpc) is 3.08. The molecule has 4 rings (SSSR count). The van der Waals surface area contributed by atoms with Crippen LogP contribution in [0.4, 0.5) is 0 Å². The minimum atomic E-state index is 0.0623. The number of nitrogens with zero attached hydrogens (tertiary/aromatic N) is 4. The van der Waals surface area contributed by atoms with Crippen LogP contribution in [0.5, 0.6) is 0 Å². The Bertz CT molecular complexity index is 764. The van der Waals surface area contributed by atoms with Crippen molar-refractivity contribution in [1.82, 2.24) is 19.4 Å². The standard InChI is InChI=1S/C20H28N4O2/c25-14-13-23-15-20(6-5-19(23)26)7-9-22(10-8-20)11-12-24-16-21-17-3-1-2-4-18(17)24/h1-4,16,25H,5-15H2. The van der Waals surface area contributed by atoms with E-state index in [9.17, 15) is 9.90 Å². The Morgan fingerprint density at radius 3 is 2.69 bits per heavy atom. The van der Waals surface area contributed by atoms with Crippen molar-refractivity contribution < 1.29 is 9.90 Å². The first-order chi connectivity index (χ1) is 12.7. The van der Waals surface area contributed by atoms with Gasteiger partial charge in [0.25, 0.3) is 0 Å². The number of carbonyl (C=O) groups excluding carboxylic acids is 1. The summed E-state index contributed by atoms with van der Waals surface area (Å²) in [5.41, 5.74) is 2.52. The van der Waals surface area contributed by atoms with Crippen molar-refractivity contribution in [3.05, 3.63) is 30.6 Å². The van der Waals surface area contributed by atoms with E-state index in [0.29, 0.717) is 13.0 Å². The van der Waals surface area contributed by atoms with Crippen LogP contribution in [0.25, 0.3) is 11.0 Å². The lowest BCUT2D eigenvalue weighted by Gasteiger charge is -2.47. The fourth-order valence-electron chi connectivity index (χ4n) is 4.52. The predicted octanol–water partition coefficient (Wildman–Crippen LogP) is 1.73. The molecule has 1 N–H and O–H groups in total. The summed E-state index contributed by atoms with van der Waals surface area (Å²) in [6.07, 6.45) is 5.88. The molecule has 26 heavy (non-hydrogen) atoms. The first-order valence-corrected chi connectivity index (χ1v) is 9.70. The second kappa shape index (κ2) is 7.37. The van der Waals surface area contributed by atoms with Crippen LogP contribution in [-0.2, 0) is 11.3 Å². The average molecular weight is 356 g/mol. The monoisotopic (exact) mass is 356 g/mol. The van der Waals surface area contributed by atoms with Gasteiger partial charge >= 0.3 is 0 Å². The minimum Gasteiger partial charge on any atom is -0.395 e. The molecule has 6 nitrogen and oxygen atoms in total. The lowest BCUT2D eigenvalue weighted by Crippen LogP contribution is -2.52. The van der Waals surface area contributed by atoms with Gasteiger partial charge in [0, 0.05) is 32.6 Å². The number of fused-ring (bicyclic) bond motifs is 1. The number of piperidine rings is 2. The quantitative estimate of drug-likeness (QED) is 0.886. The minimum absolute atomic E-state index is 0.0623. The van der Waals surface area contributed by atoms with Gasteiger partial charge in [-0.15, -0.1) is 0 Å². The van der Waals surface area contributed by atoms with Gasteiger partial charge in [0.1, 0.15) is 0 Å². The van der Waals surface area contributed by atoms with Gasteiger partial charge in [-0.05, 0) is 49.9 Å². The lowest BCUT2D eigenvalue weighted by atomic mass is 9.72. The first-order valence-electron chi connectivity index (χ1n) is 9.70. The van der Waals surface area contributed by atoms with Crippen molar-refractivity contribution in [3.8, 4) is 0 Å². The smallest absolute Gasteiger partial charge is 0.222 e. The Morgan fingerprint density at radius 2 is 1.88 bits per heavy atom. The van der Waals surface area contributed by atoms with Gasteiger partial charge in [-0.2, -0.15) is 0 Å². The number of likely N-dealkylation sites (tertiary alicyclic amines) is 2. The zero-order valence-corrected chi connectivity index (χ0v) is 15.3. The Kier molecular flexibility index (Phi) is 4.96. The molecular weight excluding hydrogens is 328 g/mol. The molecule has 1 amide bonds. The second-order valence-corrected chi connectivity index (χ2v) is 7.81. The van der Waals surface area contributed by atoms with E-state index in [0.717, 1.165) is 57.5 Å². The van der Waals surface area contributed by atoms with Crippen LogP contribution < -0.4 is 0 Å². The number of amides is 1. The zero-order valence-electron chi connectivity index (χ0n) is 15.3. The molecule has 2 aliphatic rings. The molecule has 0 saturated carbocycles. The molecule has 2 saturated heterocycles. The largest absolute Gasteiger partial charge is 0.395 e. The van der Waals surface area contributed by atoms with E-state index >= 15 is 0 Å². The number of para-hydroxylation sites is 2.